The highest BCUT2D eigenvalue weighted by atomic mass is 16.1. The second kappa shape index (κ2) is 22.3. The average molecular weight is 273 g/mol. The number of ketones is 1. The molecule has 0 spiro atoms. The van der Waals surface area contributed by atoms with Crippen molar-refractivity contribution < 1.29 is 9.59 Å². The zero-order valence-electron chi connectivity index (χ0n) is 14.0. The largest absolute Gasteiger partial charge is 0.356 e. The lowest BCUT2D eigenvalue weighted by molar-refractivity contribution is -0.121. The van der Waals surface area contributed by atoms with Gasteiger partial charge in [-0.05, 0) is 19.8 Å². The van der Waals surface area contributed by atoms with E-state index in [0.717, 1.165) is 25.8 Å². The fourth-order valence-corrected chi connectivity index (χ4v) is 1.03. The predicted molar refractivity (Wildman–Crippen MR) is 84.4 cm³/mol. The minimum atomic E-state index is 0.103. The summed E-state index contributed by atoms with van der Waals surface area (Å²) < 4.78 is 0. The lowest BCUT2D eigenvalue weighted by Crippen LogP contribution is -2.23. The van der Waals surface area contributed by atoms with Gasteiger partial charge in [-0.3, -0.25) is 4.79 Å². The highest BCUT2D eigenvalue weighted by Gasteiger charge is 1.96. The van der Waals surface area contributed by atoms with Crippen LogP contribution in [0.15, 0.2) is 0 Å². The van der Waals surface area contributed by atoms with Crippen LogP contribution in [-0.4, -0.2) is 18.2 Å². The fourth-order valence-electron chi connectivity index (χ4n) is 1.03. The summed E-state index contributed by atoms with van der Waals surface area (Å²) in [7, 11) is 0. The second-order valence-electron chi connectivity index (χ2n) is 4.22. The summed E-state index contributed by atoms with van der Waals surface area (Å²) in [5, 5.41) is 2.80. The second-order valence-corrected chi connectivity index (χ2v) is 4.22. The van der Waals surface area contributed by atoms with Gasteiger partial charge >= 0.3 is 0 Å². The molecule has 0 aromatic rings. The Labute approximate surface area is 120 Å². The molecule has 0 unspecified atom stereocenters. The van der Waals surface area contributed by atoms with Crippen molar-refractivity contribution in [1.82, 2.24) is 5.32 Å². The Balaban J connectivity index is -0.000000361. The number of hydrogen-bond donors (Lipinski definition) is 1. The Hall–Kier alpha value is -0.860. The van der Waals surface area contributed by atoms with E-state index in [9.17, 15) is 9.59 Å². The molecule has 116 valence electrons. The average Bonchev–Trinajstić information content (AvgIpc) is 2.44. The van der Waals surface area contributed by atoms with Crippen molar-refractivity contribution in [2.75, 3.05) is 6.54 Å². The maximum Gasteiger partial charge on any atom is 0.219 e. The standard InChI is InChI=1S/C10H19NO2.C4H10.C2H6/c1-3-10(13)11-8-6-4-5-7-9(2)12;1-3-4-2;1-2/h3-8H2,1-2H3,(H,11,13);3-4H2,1-2H3;1-2H3. The van der Waals surface area contributed by atoms with Crippen molar-refractivity contribution in [3.05, 3.63) is 0 Å². The molecule has 3 heteroatoms. The molecule has 3 nitrogen and oxygen atoms in total. The van der Waals surface area contributed by atoms with Gasteiger partial charge in [0, 0.05) is 19.4 Å². The zero-order chi connectivity index (χ0) is 15.5. The summed E-state index contributed by atoms with van der Waals surface area (Å²) in [6, 6.07) is 0. The summed E-state index contributed by atoms with van der Waals surface area (Å²) in [4.78, 5) is 21.3. The third kappa shape index (κ3) is 31.7. The van der Waals surface area contributed by atoms with E-state index in [4.69, 9.17) is 0 Å². The van der Waals surface area contributed by atoms with Crippen LogP contribution in [0.3, 0.4) is 0 Å². The summed E-state index contributed by atoms with van der Waals surface area (Å²) in [6.45, 7) is 12.6. The van der Waals surface area contributed by atoms with Gasteiger partial charge in [-0.2, -0.15) is 0 Å². The number of hydrogen-bond acceptors (Lipinski definition) is 2. The van der Waals surface area contributed by atoms with E-state index in [1.165, 1.54) is 12.8 Å². The van der Waals surface area contributed by atoms with E-state index in [1.807, 2.05) is 20.8 Å². The van der Waals surface area contributed by atoms with Crippen LogP contribution in [-0.2, 0) is 9.59 Å². The number of rotatable bonds is 8. The van der Waals surface area contributed by atoms with Gasteiger partial charge in [0.05, 0.1) is 0 Å². The topological polar surface area (TPSA) is 46.2 Å². The van der Waals surface area contributed by atoms with E-state index < -0.39 is 0 Å². The first-order chi connectivity index (χ1) is 9.08. The first kappa shape index (κ1) is 23.2. The SMILES string of the molecule is CC.CCC(=O)NCCCCCC(C)=O.CCCC. The molecular formula is C16H35NO2. The molecule has 1 amide bonds. The van der Waals surface area contributed by atoms with Crippen LogP contribution in [0.4, 0.5) is 0 Å². The van der Waals surface area contributed by atoms with Crippen LogP contribution in [0.1, 0.15) is 86.5 Å². The van der Waals surface area contributed by atoms with Crippen molar-refractivity contribution in [1.29, 1.82) is 0 Å². The summed E-state index contributed by atoms with van der Waals surface area (Å²) in [6.07, 6.45) is 6.79. The smallest absolute Gasteiger partial charge is 0.219 e. The Kier molecular flexibility index (Phi) is 27.3. The predicted octanol–water partition coefficient (Wildman–Crippen LogP) is 4.49. The normalized spacial score (nSPS) is 8.53. The molecule has 0 aromatic heterocycles. The molecule has 0 aromatic carbocycles. The monoisotopic (exact) mass is 273 g/mol. The Morgan fingerprint density at radius 1 is 0.895 bits per heavy atom. The van der Waals surface area contributed by atoms with Gasteiger partial charge in [0.2, 0.25) is 5.91 Å². The molecule has 0 atom stereocenters. The van der Waals surface area contributed by atoms with Gasteiger partial charge in [-0.1, -0.05) is 53.9 Å². The Morgan fingerprint density at radius 3 is 1.79 bits per heavy atom. The molecule has 19 heavy (non-hydrogen) atoms. The van der Waals surface area contributed by atoms with E-state index in [-0.39, 0.29) is 11.7 Å². The number of carbonyl (C=O) groups excluding carboxylic acids is 2. The first-order valence-corrected chi connectivity index (χ1v) is 7.84. The van der Waals surface area contributed by atoms with Crippen molar-refractivity contribution in [2.45, 2.75) is 86.5 Å². The van der Waals surface area contributed by atoms with Crippen molar-refractivity contribution in [3.63, 3.8) is 0 Å². The van der Waals surface area contributed by atoms with Gasteiger partial charge < -0.3 is 10.1 Å². The van der Waals surface area contributed by atoms with Crippen LogP contribution in [0.25, 0.3) is 0 Å². The lowest BCUT2D eigenvalue weighted by Gasteiger charge is -2.02. The minimum absolute atomic E-state index is 0.103. The van der Waals surface area contributed by atoms with E-state index in [0.29, 0.717) is 12.8 Å². The molecule has 0 fully saturated rings. The number of unbranched alkanes of at least 4 members (excludes halogenated alkanes) is 3. The van der Waals surface area contributed by atoms with Gasteiger partial charge in [0.25, 0.3) is 0 Å². The van der Waals surface area contributed by atoms with Crippen LogP contribution in [0, 0.1) is 0 Å². The molecule has 0 radical (unpaired) electrons. The van der Waals surface area contributed by atoms with Crippen molar-refractivity contribution in [2.24, 2.45) is 0 Å². The number of nitrogens with one attached hydrogen (secondary N) is 1. The highest BCUT2D eigenvalue weighted by Crippen LogP contribution is 1.99. The molecule has 1 N–H and O–H groups in total. The van der Waals surface area contributed by atoms with E-state index >= 15 is 0 Å². The maximum atomic E-state index is 10.8. The third-order valence-electron chi connectivity index (χ3n) is 2.35. The maximum absolute atomic E-state index is 10.8. The zero-order valence-corrected chi connectivity index (χ0v) is 14.0. The number of amides is 1. The van der Waals surface area contributed by atoms with Gasteiger partial charge in [-0.15, -0.1) is 0 Å². The Morgan fingerprint density at radius 2 is 1.42 bits per heavy atom. The molecular weight excluding hydrogens is 238 g/mol. The van der Waals surface area contributed by atoms with Crippen molar-refractivity contribution in [3.8, 4) is 0 Å². The van der Waals surface area contributed by atoms with Crippen LogP contribution >= 0.6 is 0 Å². The van der Waals surface area contributed by atoms with Gasteiger partial charge in [0.1, 0.15) is 5.78 Å². The molecule has 0 aliphatic heterocycles. The lowest BCUT2D eigenvalue weighted by atomic mass is 10.1. The van der Waals surface area contributed by atoms with Gasteiger partial charge in [0.15, 0.2) is 0 Å². The highest BCUT2D eigenvalue weighted by molar-refractivity contribution is 5.75. The van der Waals surface area contributed by atoms with E-state index in [2.05, 4.69) is 19.2 Å². The number of carbonyl (C=O) groups is 2. The molecule has 0 bridgehead atoms. The molecule has 0 heterocycles. The van der Waals surface area contributed by atoms with Crippen LogP contribution < -0.4 is 5.32 Å². The molecule has 0 aliphatic rings. The molecule has 0 rings (SSSR count). The quantitative estimate of drug-likeness (QED) is 0.662. The first-order valence-electron chi connectivity index (χ1n) is 7.84. The molecule has 0 aliphatic carbocycles. The van der Waals surface area contributed by atoms with Crippen molar-refractivity contribution >= 4 is 11.7 Å². The summed E-state index contributed by atoms with van der Waals surface area (Å²) in [5.74, 6) is 0.351. The summed E-state index contributed by atoms with van der Waals surface area (Å²) >= 11 is 0. The van der Waals surface area contributed by atoms with E-state index in [1.54, 1.807) is 6.92 Å². The van der Waals surface area contributed by atoms with Gasteiger partial charge in [-0.25, -0.2) is 0 Å². The fraction of sp³-hybridized carbons (Fsp3) is 0.875. The minimum Gasteiger partial charge on any atom is -0.356 e. The Bertz CT molecular complexity index is 189. The molecule has 0 saturated heterocycles. The number of Topliss-reactive ketones (excluding diaryl/α,β-unsaturated/α-hetero) is 1. The van der Waals surface area contributed by atoms with Crippen LogP contribution in [0.5, 0.6) is 0 Å². The summed E-state index contributed by atoms with van der Waals surface area (Å²) in [5.41, 5.74) is 0. The molecule has 0 saturated carbocycles. The van der Waals surface area contributed by atoms with Crippen LogP contribution in [0.2, 0.25) is 0 Å². The third-order valence-corrected chi connectivity index (χ3v) is 2.35.